The molecule has 13 heteroatoms. The van der Waals surface area contributed by atoms with E-state index in [1.165, 1.54) is 4.90 Å². The Balaban J connectivity index is 1.16. The Bertz CT molecular complexity index is 1350. The molecule has 216 valence electrons. The summed E-state index contributed by atoms with van der Waals surface area (Å²) in [5, 5.41) is 9.82. The molecule has 1 aliphatic carbocycles. The lowest BCUT2D eigenvalue weighted by Crippen LogP contribution is -2.54. The number of anilines is 1. The van der Waals surface area contributed by atoms with Gasteiger partial charge in [0.2, 0.25) is 5.91 Å². The van der Waals surface area contributed by atoms with Crippen molar-refractivity contribution in [1.82, 2.24) is 20.1 Å². The molecule has 4 aliphatic rings. The summed E-state index contributed by atoms with van der Waals surface area (Å²) < 4.78 is 5.57. The van der Waals surface area contributed by atoms with E-state index >= 15 is 0 Å². The normalized spacial score (nSPS) is 25.7. The summed E-state index contributed by atoms with van der Waals surface area (Å²) in [7, 11) is 2.13. The van der Waals surface area contributed by atoms with Gasteiger partial charge in [0.15, 0.2) is 10.9 Å². The van der Waals surface area contributed by atoms with Crippen LogP contribution in [0, 0.1) is 5.92 Å². The molecule has 2 amide bonds. The minimum absolute atomic E-state index is 0.0249. The van der Waals surface area contributed by atoms with Crippen molar-refractivity contribution < 1.29 is 19.1 Å². The molecule has 41 heavy (non-hydrogen) atoms. The van der Waals surface area contributed by atoms with Crippen LogP contribution in [0.4, 0.5) is 5.13 Å². The number of thiazole rings is 1. The monoisotopic (exact) mass is 578 g/mol. The number of carbonyl (C=O) groups excluding carboxylic acids is 3. The topological polar surface area (TPSA) is 144 Å². The standard InChI is InChI=1S/C28H34N8O4S/c1-34-10-12-35(13-11-34)28-30-21(16-41-28)17-6-8-19(9-7-17)26(38)31-23(18-4-2-3-5-18)27(39)36-14-20(32-33-29)25-24(36)22(37)15-40-25/h6-9,16,18,20,23-25H,2-5,10-15H2,1H3,(H,31,38)/t20-,23-,24+,25-/m0/s1. The van der Waals surface area contributed by atoms with E-state index in [0.717, 1.165) is 68.3 Å². The molecule has 4 fully saturated rings. The van der Waals surface area contributed by atoms with Crippen LogP contribution in [0.1, 0.15) is 36.0 Å². The number of likely N-dealkylation sites (tertiary alicyclic amines) is 1. The maximum Gasteiger partial charge on any atom is 0.251 e. The Morgan fingerprint density at radius 2 is 1.90 bits per heavy atom. The molecule has 12 nitrogen and oxygen atoms in total. The summed E-state index contributed by atoms with van der Waals surface area (Å²) in [4.78, 5) is 53.7. The zero-order valence-electron chi connectivity index (χ0n) is 23.0. The smallest absolute Gasteiger partial charge is 0.251 e. The third-order valence-electron chi connectivity index (χ3n) is 8.77. The number of hydrogen-bond donors (Lipinski definition) is 1. The number of likely N-dealkylation sites (N-methyl/N-ethyl adjacent to an activating group) is 1. The lowest BCUT2D eigenvalue weighted by Gasteiger charge is -2.32. The van der Waals surface area contributed by atoms with Gasteiger partial charge in [0.1, 0.15) is 18.7 Å². The van der Waals surface area contributed by atoms with Gasteiger partial charge in [-0.2, -0.15) is 0 Å². The zero-order valence-corrected chi connectivity index (χ0v) is 23.8. The summed E-state index contributed by atoms with van der Waals surface area (Å²) in [6.45, 7) is 3.92. The van der Waals surface area contributed by atoms with Crippen molar-refractivity contribution in [3.8, 4) is 11.3 Å². The molecule has 0 unspecified atom stereocenters. The predicted octanol–water partition coefficient (Wildman–Crippen LogP) is 2.71. The number of nitrogens with one attached hydrogen (secondary N) is 1. The molecular weight excluding hydrogens is 544 g/mol. The average molecular weight is 579 g/mol. The van der Waals surface area contributed by atoms with E-state index in [9.17, 15) is 14.4 Å². The third kappa shape index (κ3) is 5.54. The summed E-state index contributed by atoms with van der Waals surface area (Å²) in [5.74, 6) is -0.883. The summed E-state index contributed by atoms with van der Waals surface area (Å²) in [6.07, 6.45) is 2.97. The highest BCUT2D eigenvalue weighted by molar-refractivity contribution is 7.14. The minimum Gasteiger partial charge on any atom is -0.367 e. The number of piperazine rings is 1. The molecule has 4 atom stereocenters. The lowest BCUT2D eigenvalue weighted by atomic mass is 9.95. The Morgan fingerprint density at radius 1 is 1.17 bits per heavy atom. The molecule has 1 saturated carbocycles. The second-order valence-electron chi connectivity index (χ2n) is 11.3. The maximum atomic E-state index is 13.9. The van der Waals surface area contributed by atoms with Crippen LogP contribution in [-0.4, -0.2) is 103 Å². The number of aromatic nitrogens is 1. The molecule has 0 radical (unpaired) electrons. The molecule has 0 spiro atoms. The number of fused-ring (bicyclic) bond motifs is 1. The molecule has 3 aliphatic heterocycles. The minimum atomic E-state index is -0.785. The van der Waals surface area contributed by atoms with Gasteiger partial charge in [-0.25, -0.2) is 4.98 Å². The number of Topliss-reactive ketones (excluding diaryl/α,β-unsaturated/α-hetero) is 1. The van der Waals surface area contributed by atoms with E-state index in [4.69, 9.17) is 15.3 Å². The van der Waals surface area contributed by atoms with Crippen molar-refractivity contribution in [3.05, 3.63) is 45.7 Å². The van der Waals surface area contributed by atoms with Gasteiger partial charge in [-0.3, -0.25) is 14.4 Å². The summed E-state index contributed by atoms with van der Waals surface area (Å²) in [6, 6.07) is 5.10. The number of ketones is 1. The first kappa shape index (κ1) is 27.6. The first-order valence-corrected chi connectivity index (χ1v) is 15.1. The fourth-order valence-electron chi connectivity index (χ4n) is 6.43. The number of nitrogens with zero attached hydrogens (tertiary/aromatic N) is 7. The summed E-state index contributed by atoms with van der Waals surface area (Å²) >= 11 is 1.63. The van der Waals surface area contributed by atoms with E-state index < -0.39 is 24.2 Å². The Morgan fingerprint density at radius 3 is 2.61 bits per heavy atom. The van der Waals surface area contributed by atoms with E-state index in [-0.39, 0.29) is 36.7 Å². The van der Waals surface area contributed by atoms with Gasteiger partial charge in [0, 0.05) is 54.1 Å². The number of rotatable bonds is 7. The third-order valence-corrected chi connectivity index (χ3v) is 9.67. The second-order valence-corrected chi connectivity index (χ2v) is 12.2. The van der Waals surface area contributed by atoms with Crippen LogP contribution in [0.25, 0.3) is 21.7 Å². The highest BCUT2D eigenvalue weighted by atomic mass is 32.1. The highest BCUT2D eigenvalue weighted by Crippen LogP contribution is 2.34. The number of ether oxygens (including phenoxy) is 1. The molecule has 1 aromatic carbocycles. The van der Waals surface area contributed by atoms with Crippen molar-refractivity contribution >= 4 is 34.1 Å². The average Bonchev–Trinajstić information content (AvgIpc) is 3.79. The van der Waals surface area contributed by atoms with Crippen LogP contribution in [0.3, 0.4) is 0 Å². The van der Waals surface area contributed by atoms with Crippen molar-refractivity contribution in [2.24, 2.45) is 11.0 Å². The largest absolute Gasteiger partial charge is 0.367 e. The van der Waals surface area contributed by atoms with E-state index in [2.05, 4.69) is 32.2 Å². The van der Waals surface area contributed by atoms with Crippen molar-refractivity contribution in [2.45, 2.75) is 49.9 Å². The molecule has 4 heterocycles. The number of benzene rings is 1. The molecule has 1 N–H and O–H groups in total. The van der Waals surface area contributed by atoms with E-state index in [0.29, 0.717) is 5.56 Å². The van der Waals surface area contributed by atoms with Crippen LogP contribution in [-0.2, 0) is 14.3 Å². The fourth-order valence-corrected chi connectivity index (χ4v) is 7.32. The number of carbonyl (C=O) groups is 3. The number of amides is 2. The van der Waals surface area contributed by atoms with Crippen LogP contribution >= 0.6 is 11.3 Å². The molecule has 0 bridgehead atoms. The lowest BCUT2D eigenvalue weighted by molar-refractivity contribution is -0.139. The van der Waals surface area contributed by atoms with Gasteiger partial charge < -0.3 is 24.8 Å². The van der Waals surface area contributed by atoms with E-state index in [1.54, 1.807) is 23.5 Å². The van der Waals surface area contributed by atoms with Crippen LogP contribution < -0.4 is 10.2 Å². The van der Waals surface area contributed by atoms with Crippen molar-refractivity contribution in [2.75, 3.05) is 51.3 Å². The van der Waals surface area contributed by atoms with Gasteiger partial charge in [0.25, 0.3) is 5.91 Å². The first-order chi connectivity index (χ1) is 19.9. The SMILES string of the molecule is CN1CCN(c2nc(-c3ccc(C(=O)N[C@H](C(=O)N4C[C@H](N=[N+]=[N-])[C@@H]5OCC(=O)[C@H]54)C4CCCC4)cc3)cs2)CC1. The fraction of sp³-hybridized carbons (Fsp3) is 0.571. The quantitative estimate of drug-likeness (QED) is 0.302. The van der Waals surface area contributed by atoms with E-state index in [1.807, 2.05) is 17.5 Å². The van der Waals surface area contributed by atoms with Gasteiger partial charge >= 0.3 is 0 Å². The number of hydrogen-bond acceptors (Lipinski definition) is 9. The second kappa shape index (κ2) is 11.8. The van der Waals surface area contributed by atoms with Crippen molar-refractivity contribution in [3.63, 3.8) is 0 Å². The van der Waals surface area contributed by atoms with Crippen molar-refractivity contribution in [1.29, 1.82) is 0 Å². The van der Waals surface area contributed by atoms with Crippen LogP contribution in [0.15, 0.2) is 34.8 Å². The Labute approximate surface area is 242 Å². The van der Waals surface area contributed by atoms with Gasteiger partial charge in [-0.15, -0.1) is 11.3 Å². The number of azide groups is 1. The summed E-state index contributed by atoms with van der Waals surface area (Å²) in [5.41, 5.74) is 11.2. The molecule has 3 saturated heterocycles. The molecule has 6 rings (SSSR count). The first-order valence-electron chi connectivity index (χ1n) is 14.2. The highest BCUT2D eigenvalue weighted by Gasteiger charge is 2.53. The molecular formula is C28H34N8O4S. The molecule has 2 aromatic rings. The molecule has 1 aromatic heterocycles. The Hall–Kier alpha value is -3.51. The zero-order chi connectivity index (χ0) is 28.5. The van der Waals surface area contributed by atoms with Gasteiger partial charge in [0.05, 0.1) is 17.8 Å². The Kier molecular flexibility index (Phi) is 7.94. The van der Waals surface area contributed by atoms with Gasteiger partial charge in [-0.1, -0.05) is 30.1 Å². The maximum absolute atomic E-state index is 13.9. The predicted molar refractivity (Wildman–Crippen MR) is 154 cm³/mol. The van der Waals surface area contributed by atoms with Crippen LogP contribution in [0.5, 0.6) is 0 Å². The van der Waals surface area contributed by atoms with Crippen LogP contribution in [0.2, 0.25) is 0 Å². The van der Waals surface area contributed by atoms with Gasteiger partial charge in [-0.05, 0) is 43.5 Å².